The first kappa shape index (κ1) is 40.2. The van der Waals surface area contributed by atoms with E-state index in [1.165, 1.54) is 24.7 Å². The van der Waals surface area contributed by atoms with Crippen LogP contribution in [-0.4, -0.2) is 130 Å². The second kappa shape index (κ2) is 15.8. The fourth-order valence-corrected chi connectivity index (χ4v) is 7.45. The van der Waals surface area contributed by atoms with Crippen LogP contribution in [-0.2, 0) is 25.6 Å². The summed E-state index contributed by atoms with van der Waals surface area (Å²) in [7, 11) is 0. The van der Waals surface area contributed by atoms with E-state index in [0.29, 0.717) is 75.1 Å². The lowest BCUT2D eigenvalue weighted by atomic mass is 9.91. The Morgan fingerprint density at radius 3 is 2.26 bits per heavy atom. The Hall–Kier alpha value is -3.98. The van der Waals surface area contributed by atoms with Crippen LogP contribution in [0.5, 0.6) is 0 Å². The summed E-state index contributed by atoms with van der Waals surface area (Å²) in [5, 5.41) is 0. The molecule has 0 saturated carbocycles. The Bertz CT molecular complexity index is 1640. The molecule has 13 nitrogen and oxygen atoms in total. The van der Waals surface area contributed by atoms with Gasteiger partial charge in [-0.2, -0.15) is 0 Å². The van der Waals surface area contributed by atoms with E-state index in [-0.39, 0.29) is 49.2 Å². The molecule has 3 aliphatic heterocycles. The lowest BCUT2D eigenvalue weighted by molar-refractivity contribution is -0.121. The van der Waals surface area contributed by atoms with Gasteiger partial charge in [0.05, 0.1) is 30.1 Å². The predicted octanol–water partition coefficient (Wildman–Crippen LogP) is 5.08. The maximum Gasteiger partial charge on any atom is 0.410 e. The fraction of sp³-hybridized carbons (Fsp3) is 0.684. The molecule has 2 aromatic heterocycles. The molecule has 2 aromatic rings. The summed E-state index contributed by atoms with van der Waals surface area (Å²) in [6, 6.07) is 1.07. The number of ether oxygens (including phenoxy) is 2. The van der Waals surface area contributed by atoms with Crippen molar-refractivity contribution in [3.63, 3.8) is 0 Å². The molecule has 0 radical (unpaired) electrons. The largest absolute Gasteiger partial charge is 0.462 e. The molecule has 3 atom stereocenters. The SMILES string of the molecule is CCCC(F)(F)c1cnc2c(c1)N(C(=O)CN1C[C@@H](C)N(C(=O)OC(C)(C)C)C[C@@H]1CN1CCN(c3ncc(C(=O)OCC)cn3)C[C@H]1C)CC2(C)C. The van der Waals surface area contributed by atoms with Crippen molar-refractivity contribution in [1.82, 2.24) is 29.7 Å². The number of fused-ring (bicyclic) bond motifs is 1. The Morgan fingerprint density at radius 1 is 0.943 bits per heavy atom. The van der Waals surface area contributed by atoms with Crippen molar-refractivity contribution in [2.24, 2.45) is 0 Å². The number of amides is 2. The van der Waals surface area contributed by atoms with Gasteiger partial charge in [-0.15, -0.1) is 0 Å². The number of carbonyl (C=O) groups is 3. The summed E-state index contributed by atoms with van der Waals surface area (Å²) in [6.45, 7) is 21.0. The zero-order chi connectivity index (χ0) is 38.9. The van der Waals surface area contributed by atoms with Crippen LogP contribution in [0.2, 0.25) is 0 Å². The molecule has 0 unspecified atom stereocenters. The van der Waals surface area contributed by atoms with Crippen molar-refractivity contribution in [3.8, 4) is 0 Å². The summed E-state index contributed by atoms with van der Waals surface area (Å²) >= 11 is 0. The molecule has 0 bridgehead atoms. The minimum atomic E-state index is -3.05. The number of pyridine rings is 1. The van der Waals surface area contributed by atoms with Gasteiger partial charge < -0.3 is 24.2 Å². The minimum Gasteiger partial charge on any atom is -0.462 e. The van der Waals surface area contributed by atoms with Gasteiger partial charge in [-0.1, -0.05) is 27.2 Å². The second-order valence-corrected chi connectivity index (χ2v) is 16.3. The molecule has 5 rings (SSSR count). The molecule has 2 fully saturated rings. The highest BCUT2D eigenvalue weighted by Crippen LogP contribution is 2.43. The first-order valence-corrected chi connectivity index (χ1v) is 18.7. The highest BCUT2D eigenvalue weighted by Gasteiger charge is 2.44. The monoisotopic (exact) mass is 742 g/mol. The van der Waals surface area contributed by atoms with Gasteiger partial charge in [0.15, 0.2) is 0 Å². The van der Waals surface area contributed by atoms with Crippen LogP contribution in [0.1, 0.15) is 96.8 Å². The van der Waals surface area contributed by atoms with Crippen LogP contribution in [0, 0.1) is 0 Å². The van der Waals surface area contributed by atoms with E-state index >= 15 is 8.78 Å². The first-order valence-electron chi connectivity index (χ1n) is 18.7. The molecular weight excluding hydrogens is 686 g/mol. The normalized spacial score (nSPS) is 22.5. The fourth-order valence-electron chi connectivity index (χ4n) is 7.45. The third kappa shape index (κ3) is 9.22. The van der Waals surface area contributed by atoms with Gasteiger partial charge in [0, 0.05) is 99.9 Å². The number of alkyl halides is 2. The summed E-state index contributed by atoms with van der Waals surface area (Å²) in [6.07, 6.45) is 3.84. The van der Waals surface area contributed by atoms with Crippen LogP contribution in [0.25, 0.3) is 0 Å². The second-order valence-electron chi connectivity index (χ2n) is 16.3. The van der Waals surface area contributed by atoms with Gasteiger partial charge >= 0.3 is 12.1 Å². The summed E-state index contributed by atoms with van der Waals surface area (Å²) in [5.41, 5.74) is 0.00579. The van der Waals surface area contributed by atoms with E-state index in [4.69, 9.17) is 9.47 Å². The number of carbonyl (C=O) groups excluding carboxylic acids is 3. The molecule has 0 aromatic carbocycles. The number of halogens is 2. The average molecular weight is 743 g/mol. The summed E-state index contributed by atoms with van der Waals surface area (Å²) < 4.78 is 40.9. The van der Waals surface area contributed by atoms with E-state index in [0.717, 1.165) is 0 Å². The smallest absolute Gasteiger partial charge is 0.410 e. The average Bonchev–Trinajstić information content (AvgIpc) is 3.36. The molecule has 3 aliphatic rings. The Morgan fingerprint density at radius 2 is 1.64 bits per heavy atom. The Balaban J connectivity index is 1.34. The van der Waals surface area contributed by atoms with Crippen molar-refractivity contribution in [2.75, 3.05) is 68.8 Å². The third-order valence-electron chi connectivity index (χ3n) is 10.2. The molecule has 0 aliphatic carbocycles. The predicted molar refractivity (Wildman–Crippen MR) is 197 cm³/mol. The van der Waals surface area contributed by atoms with E-state index in [1.54, 1.807) is 23.6 Å². The van der Waals surface area contributed by atoms with E-state index in [9.17, 15) is 14.4 Å². The molecule has 15 heteroatoms. The Labute approximate surface area is 312 Å². The van der Waals surface area contributed by atoms with Crippen LogP contribution in [0.15, 0.2) is 24.7 Å². The zero-order valence-corrected chi connectivity index (χ0v) is 32.7. The number of piperazine rings is 2. The lowest BCUT2D eigenvalue weighted by Crippen LogP contribution is -2.65. The van der Waals surface area contributed by atoms with Gasteiger partial charge in [0.25, 0.3) is 5.92 Å². The van der Waals surface area contributed by atoms with E-state index in [1.807, 2.05) is 41.5 Å². The number of hydrogen-bond donors (Lipinski definition) is 0. The molecule has 2 amide bonds. The van der Waals surface area contributed by atoms with Crippen LogP contribution in [0.4, 0.5) is 25.2 Å². The maximum atomic E-state index is 15.0. The number of nitrogens with zero attached hydrogens (tertiary/aromatic N) is 8. The quantitative estimate of drug-likeness (QED) is 0.303. The van der Waals surface area contributed by atoms with Crippen molar-refractivity contribution < 1.29 is 32.6 Å². The standard InChI is InChI=1S/C38H56F2N8O5/c1-10-12-38(39,40)28-15-30-32(41-18-28)37(8,9)24-48(30)31(49)23-46-20-26(4)47(35(51)53-36(5,6)7)22-29(46)21-44-13-14-45(19-25(44)3)34-42-16-27(17-43-34)33(50)52-11-2/h15-18,25-26,29H,10-14,19-24H2,1-9H3/t25-,26-,29+/m1/s1. The van der Waals surface area contributed by atoms with Gasteiger partial charge in [0.1, 0.15) is 5.60 Å². The van der Waals surface area contributed by atoms with Crippen LogP contribution < -0.4 is 9.80 Å². The van der Waals surface area contributed by atoms with Gasteiger partial charge in [-0.25, -0.2) is 28.3 Å². The zero-order valence-electron chi connectivity index (χ0n) is 32.7. The number of esters is 1. The van der Waals surface area contributed by atoms with Gasteiger partial charge in [-0.3, -0.25) is 19.6 Å². The highest BCUT2D eigenvalue weighted by molar-refractivity contribution is 5.97. The first-order chi connectivity index (χ1) is 24.8. The number of anilines is 2. The lowest BCUT2D eigenvalue weighted by Gasteiger charge is -2.48. The van der Waals surface area contributed by atoms with Crippen molar-refractivity contribution in [3.05, 3.63) is 41.5 Å². The van der Waals surface area contributed by atoms with Crippen LogP contribution >= 0.6 is 0 Å². The molecule has 2 saturated heterocycles. The minimum absolute atomic E-state index is 0.0528. The summed E-state index contributed by atoms with van der Waals surface area (Å²) in [5.74, 6) is -3.18. The maximum absolute atomic E-state index is 15.0. The van der Waals surface area contributed by atoms with Crippen molar-refractivity contribution >= 4 is 29.6 Å². The van der Waals surface area contributed by atoms with E-state index < -0.39 is 29.0 Å². The number of rotatable bonds is 10. The highest BCUT2D eigenvalue weighted by atomic mass is 19.3. The molecule has 0 N–H and O–H groups in total. The molecule has 53 heavy (non-hydrogen) atoms. The van der Waals surface area contributed by atoms with E-state index in [2.05, 4.69) is 36.6 Å². The molecule has 0 spiro atoms. The van der Waals surface area contributed by atoms with Crippen molar-refractivity contribution in [2.45, 2.75) is 110 Å². The number of hydrogen-bond acceptors (Lipinski definition) is 11. The number of aromatic nitrogens is 3. The molecule has 292 valence electrons. The summed E-state index contributed by atoms with van der Waals surface area (Å²) in [4.78, 5) is 63.0. The van der Waals surface area contributed by atoms with Gasteiger partial charge in [0.2, 0.25) is 11.9 Å². The molecular formula is C38H56F2N8O5. The third-order valence-corrected chi connectivity index (χ3v) is 10.2. The molecule has 5 heterocycles. The van der Waals surface area contributed by atoms with Gasteiger partial charge in [-0.05, 0) is 47.6 Å². The Kier molecular flexibility index (Phi) is 12.0. The van der Waals surface area contributed by atoms with Crippen molar-refractivity contribution in [1.29, 1.82) is 0 Å². The van der Waals surface area contributed by atoms with Crippen LogP contribution in [0.3, 0.4) is 0 Å². The topological polar surface area (TPSA) is 125 Å².